The van der Waals surface area contributed by atoms with Crippen LogP contribution in [-0.4, -0.2) is 43.6 Å². The second-order valence-corrected chi connectivity index (χ2v) is 10.7. The minimum atomic E-state index is -4.08. The van der Waals surface area contributed by atoms with Crippen LogP contribution in [0.25, 0.3) is 0 Å². The van der Waals surface area contributed by atoms with Gasteiger partial charge in [0.05, 0.1) is 28.8 Å². The third-order valence-corrected chi connectivity index (χ3v) is 8.05. The lowest BCUT2D eigenvalue weighted by Gasteiger charge is -2.30. The van der Waals surface area contributed by atoms with Gasteiger partial charge in [0.1, 0.15) is 0 Å². The molecule has 11 heteroatoms. The fourth-order valence-corrected chi connectivity index (χ4v) is 6.10. The van der Waals surface area contributed by atoms with E-state index in [1.165, 1.54) is 43.5 Å². The average Bonchev–Trinajstić information content (AvgIpc) is 2.64. The first-order valence-corrected chi connectivity index (χ1v) is 12.3. The molecule has 0 aliphatic carbocycles. The molecule has 0 aromatic heterocycles. The molecule has 2 atom stereocenters. The van der Waals surface area contributed by atoms with E-state index in [4.69, 9.17) is 34.8 Å². The number of hydrogen-bond acceptors (Lipinski definition) is 5. The van der Waals surface area contributed by atoms with Gasteiger partial charge in [-0.15, -0.1) is 0 Å². The molecule has 0 aliphatic rings. The molecule has 0 saturated heterocycles. The molecule has 0 fully saturated rings. The molecule has 29 heavy (non-hydrogen) atoms. The summed E-state index contributed by atoms with van der Waals surface area (Å²) < 4.78 is 42.7. The first-order chi connectivity index (χ1) is 13.6. The summed E-state index contributed by atoms with van der Waals surface area (Å²) in [6.07, 6.45) is 0. The quantitative estimate of drug-likeness (QED) is 0.427. The number of esters is 1. The highest BCUT2D eigenvalue weighted by atomic mass is 35.5. The first-order valence-electron chi connectivity index (χ1n) is 8.24. The fraction of sp³-hybridized carbons (Fsp3) is 0.278. The van der Waals surface area contributed by atoms with Crippen molar-refractivity contribution in [3.8, 4) is 0 Å². The predicted octanol–water partition coefficient (Wildman–Crippen LogP) is 4.49. The van der Waals surface area contributed by atoms with Gasteiger partial charge < -0.3 is 4.74 Å². The third-order valence-electron chi connectivity index (χ3n) is 3.86. The lowest BCUT2D eigenvalue weighted by atomic mass is 10.3. The van der Waals surface area contributed by atoms with Crippen molar-refractivity contribution in [1.82, 2.24) is 0 Å². The van der Waals surface area contributed by atoms with Crippen molar-refractivity contribution in [1.29, 1.82) is 0 Å². The summed E-state index contributed by atoms with van der Waals surface area (Å²) in [5.41, 5.74) is 0.164. The number of benzene rings is 2. The molecular weight excluding hydrogens is 481 g/mol. The smallest absolute Gasteiger partial charge is 0.359 e. The van der Waals surface area contributed by atoms with Crippen LogP contribution in [0.15, 0.2) is 47.4 Å². The van der Waals surface area contributed by atoms with E-state index in [0.717, 1.165) is 4.31 Å². The van der Waals surface area contributed by atoms with Gasteiger partial charge in [0, 0.05) is 10.0 Å². The SMILES string of the molecule is COC(=O)C[S+](O)C[C@@H](C)N(c1cc(Cl)ccc1Cl)S(=O)(=O)c1ccc(Cl)cc1. The van der Waals surface area contributed by atoms with Gasteiger partial charge in [-0.3, -0.25) is 4.31 Å². The van der Waals surface area contributed by atoms with E-state index in [-0.39, 0.29) is 27.1 Å². The molecule has 2 aromatic carbocycles. The molecule has 1 N–H and O–H groups in total. The number of hydrogen-bond donors (Lipinski definition) is 1. The van der Waals surface area contributed by atoms with Gasteiger partial charge >= 0.3 is 5.97 Å². The molecule has 0 aliphatic heterocycles. The van der Waals surface area contributed by atoms with Crippen molar-refractivity contribution < 1.29 is 22.5 Å². The van der Waals surface area contributed by atoms with Crippen LogP contribution in [0, 0.1) is 0 Å². The van der Waals surface area contributed by atoms with E-state index >= 15 is 0 Å². The maximum absolute atomic E-state index is 13.4. The van der Waals surface area contributed by atoms with Crippen molar-refractivity contribution in [2.24, 2.45) is 0 Å². The van der Waals surface area contributed by atoms with Gasteiger partial charge in [0.25, 0.3) is 10.0 Å². The second-order valence-electron chi connectivity index (χ2n) is 6.05. The van der Waals surface area contributed by atoms with Gasteiger partial charge in [-0.2, -0.15) is 4.55 Å². The van der Waals surface area contributed by atoms with E-state index in [0.29, 0.717) is 10.0 Å². The number of methoxy groups -OCH3 is 1. The summed E-state index contributed by atoms with van der Waals surface area (Å²) in [4.78, 5) is 11.4. The number of ether oxygens (including phenoxy) is 1. The Morgan fingerprint density at radius 3 is 2.31 bits per heavy atom. The Labute approximate surface area is 187 Å². The number of rotatable bonds is 8. The largest absolute Gasteiger partial charge is 0.465 e. The molecule has 0 bridgehead atoms. The van der Waals surface area contributed by atoms with Gasteiger partial charge in [0.15, 0.2) is 16.9 Å². The van der Waals surface area contributed by atoms with Crippen LogP contribution >= 0.6 is 34.8 Å². The molecule has 0 radical (unpaired) electrons. The monoisotopic (exact) mass is 498 g/mol. The van der Waals surface area contributed by atoms with Crippen LogP contribution in [0.1, 0.15) is 6.92 Å². The Morgan fingerprint density at radius 2 is 1.72 bits per heavy atom. The highest BCUT2D eigenvalue weighted by Crippen LogP contribution is 2.35. The predicted molar refractivity (Wildman–Crippen MR) is 119 cm³/mol. The number of carbonyl (C=O) groups excluding carboxylic acids is 1. The Balaban J connectivity index is 2.50. The summed E-state index contributed by atoms with van der Waals surface area (Å²) in [6.45, 7) is 1.61. The highest BCUT2D eigenvalue weighted by Gasteiger charge is 2.36. The number of halogens is 3. The normalized spacial score (nSPS) is 13.6. The Morgan fingerprint density at radius 1 is 1.14 bits per heavy atom. The zero-order valence-electron chi connectivity index (χ0n) is 15.5. The van der Waals surface area contributed by atoms with Gasteiger partial charge in [-0.25, -0.2) is 13.2 Å². The Kier molecular flexibility index (Phi) is 8.51. The van der Waals surface area contributed by atoms with Crippen molar-refractivity contribution >= 4 is 67.7 Å². The molecule has 2 rings (SSSR count). The summed E-state index contributed by atoms with van der Waals surface area (Å²) >= 11 is 16.8. The summed E-state index contributed by atoms with van der Waals surface area (Å²) in [7, 11) is -2.87. The number of anilines is 1. The van der Waals surface area contributed by atoms with Crippen molar-refractivity contribution in [3.63, 3.8) is 0 Å². The minimum absolute atomic E-state index is 0.00409. The molecule has 6 nitrogen and oxygen atoms in total. The van der Waals surface area contributed by atoms with Crippen LogP contribution in [0.2, 0.25) is 15.1 Å². The van der Waals surface area contributed by atoms with Crippen LogP contribution in [0.5, 0.6) is 0 Å². The van der Waals surface area contributed by atoms with E-state index in [9.17, 15) is 17.8 Å². The van der Waals surface area contributed by atoms with Gasteiger partial charge in [0.2, 0.25) is 5.75 Å². The molecule has 0 spiro atoms. The first kappa shape index (κ1) is 24.1. The van der Waals surface area contributed by atoms with Crippen LogP contribution < -0.4 is 4.31 Å². The van der Waals surface area contributed by atoms with Crippen molar-refractivity contribution in [3.05, 3.63) is 57.5 Å². The molecule has 0 heterocycles. The highest BCUT2D eigenvalue weighted by molar-refractivity contribution is 7.93. The minimum Gasteiger partial charge on any atom is -0.465 e. The number of nitrogens with zero attached hydrogens (tertiary/aromatic N) is 1. The fourth-order valence-electron chi connectivity index (χ4n) is 2.58. The summed E-state index contributed by atoms with van der Waals surface area (Å²) in [5, 5.41) is 0.856. The number of carbonyl (C=O) groups is 1. The number of sulfonamides is 1. The maximum atomic E-state index is 13.4. The zero-order valence-corrected chi connectivity index (χ0v) is 19.4. The molecule has 158 valence electrons. The van der Waals surface area contributed by atoms with E-state index in [1.807, 2.05) is 0 Å². The summed E-state index contributed by atoms with van der Waals surface area (Å²) in [5.74, 6) is -0.833. The van der Waals surface area contributed by atoms with Crippen molar-refractivity contribution in [2.75, 3.05) is 22.9 Å². The van der Waals surface area contributed by atoms with Gasteiger partial charge in [-0.1, -0.05) is 34.8 Å². The van der Waals surface area contributed by atoms with Crippen LogP contribution in [0.3, 0.4) is 0 Å². The molecule has 0 amide bonds. The van der Waals surface area contributed by atoms with E-state index < -0.39 is 33.2 Å². The lowest BCUT2D eigenvalue weighted by Crippen LogP contribution is -2.43. The van der Waals surface area contributed by atoms with Crippen LogP contribution in [0.4, 0.5) is 5.69 Å². The topological polar surface area (TPSA) is 83.9 Å². The van der Waals surface area contributed by atoms with Crippen LogP contribution in [-0.2, 0) is 30.7 Å². The van der Waals surface area contributed by atoms with Crippen molar-refractivity contribution in [2.45, 2.75) is 17.9 Å². The summed E-state index contributed by atoms with van der Waals surface area (Å²) in [6, 6.07) is 9.40. The van der Waals surface area contributed by atoms with E-state index in [2.05, 4.69) is 4.74 Å². The second kappa shape index (κ2) is 10.2. The van der Waals surface area contributed by atoms with E-state index in [1.54, 1.807) is 13.0 Å². The molecule has 2 aromatic rings. The molecular formula is C18H19Cl3NO5S2+. The molecule has 1 unspecified atom stereocenters. The Bertz CT molecular complexity index is 970. The average molecular weight is 500 g/mol. The zero-order chi connectivity index (χ0) is 21.8. The standard InChI is InChI=1S/C18H19Cl3NO5S2/c1-12(10-28(24)11-18(23)27-2)22(17-9-14(20)5-8-16(17)21)29(25,26)15-6-3-13(19)4-7-15/h3-9,12,24H,10-11H2,1-2H3/q+1/t12-,28?/m1/s1. The third kappa shape index (κ3) is 6.16. The Hall–Kier alpha value is -1.16. The maximum Gasteiger partial charge on any atom is 0.359 e. The lowest BCUT2D eigenvalue weighted by molar-refractivity contribution is -0.137. The molecule has 0 saturated carbocycles. The van der Waals surface area contributed by atoms with Gasteiger partial charge in [-0.05, 0) is 49.4 Å².